The molecule has 0 amide bonds. The van der Waals surface area contributed by atoms with E-state index in [1.165, 1.54) is 0 Å². The van der Waals surface area contributed by atoms with E-state index in [0.717, 1.165) is 11.8 Å². The zero-order chi connectivity index (χ0) is 9.52. The van der Waals surface area contributed by atoms with Gasteiger partial charge in [0.2, 0.25) is 0 Å². The van der Waals surface area contributed by atoms with Gasteiger partial charge in [-0.25, -0.2) is 4.39 Å². The lowest BCUT2D eigenvalue weighted by Crippen LogP contribution is -1.98. The van der Waals surface area contributed by atoms with E-state index in [1.807, 2.05) is 0 Å². The second-order valence-corrected chi connectivity index (χ2v) is 2.55. The van der Waals surface area contributed by atoms with Gasteiger partial charge in [-0.05, 0) is 17.7 Å². The Labute approximate surface area is 76.3 Å². The molecule has 0 atom stereocenters. The summed E-state index contributed by atoms with van der Waals surface area (Å²) in [6, 6.07) is 7.05. The Morgan fingerprint density at radius 2 is 2.00 bits per heavy atom. The maximum absolute atomic E-state index is 11.7. The van der Waals surface area contributed by atoms with Crippen molar-refractivity contribution in [3.8, 4) is 5.75 Å². The third-order valence-corrected chi connectivity index (χ3v) is 1.59. The number of ether oxygens (including phenoxy) is 1. The van der Waals surface area contributed by atoms with Crippen LogP contribution in [0.5, 0.6) is 5.75 Å². The maximum atomic E-state index is 11.7. The summed E-state index contributed by atoms with van der Waals surface area (Å²) in [5.41, 5.74) is 0.933. The summed E-state index contributed by atoms with van der Waals surface area (Å²) in [6.45, 7) is -0.414. The van der Waals surface area contributed by atoms with Crippen LogP contribution in [0.4, 0.5) is 4.39 Å². The number of carbonyl (C=O) groups excluding carboxylic acids is 1. The maximum Gasteiger partial charge on any atom is 0.124 e. The molecule has 0 aliphatic carbocycles. The van der Waals surface area contributed by atoms with Crippen molar-refractivity contribution < 1.29 is 13.9 Å². The predicted molar refractivity (Wildman–Crippen MR) is 47.7 cm³/mol. The van der Waals surface area contributed by atoms with Gasteiger partial charge >= 0.3 is 0 Å². The van der Waals surface area contributed by atoms with Crippen molar-refractivity contribution in [1.29, 1.82) is 0 Å². The first kappa shape index (κ1) is 9.71. The quantitative estimate of drug-likeness (QED) is 0.649. The highest BCUT2D eigenvalue weighted by molar-refractivity contribution is 5.55. The Morgan fingerprint density at radius 3 is 2.54 bits per heavy atom. The summed E-state index contributed by atoms with van der Waals surface area (Å²) in [6.07, 6.45) is 1.25. The van der Waals surface area contributed by atoms with Crippen LogP contribution in [-0.4, -0.2) is 19.6 Å². The molecule has 2 nitrogen and oxygen atoms in total. The molecule has 0 N–H and O–H groups in total. The number of hydrogen-bond acceptors (Lipinski definition) is 2. The Morgan fingerprint density at radius 1 is 1.31 bits per heavy atom. The van der Waals surface area contributed by atoms with Crippen LogP contribution in [0.2, 0.25) is 0 Å². The molecule has 3 heteroatoms. The van der Waals surface area contributed by atoms with Gasteiger partial charge in [0.25, 0.3) is 0 Å². The third-order valence-electron chi connectivity index (χ3n) is 1.59. The molecule has 0 aliphatic heterocycles. The van der Waals surface area contributed by atoms with Gasteiger partial charge in [-0.2, -0.15) is 0 Å². The van der Waals surface area contributed by atoms with Gasteiger partial charge in [0.1, 0.15) is 25.3 Å². The number of benzene rings is 1. The molecule has 0 spiro atoms. The summed E-state index contributed by atoms with van der Waals surface area (Å²) in [7, 11) is 0. The largest absolute Gasteiger partial charge is 0.491 e. The molecule has 0 saturated carbocycles. The number of alkyl halides is 1. The van der Waals surface area contributed by atoms with Gasteiger partial charge in [-0.1, -0.05) is 12.1 Å². The topological polar surface area (TPSA) is 26.3 Å². The van der Waals surface area contributed by atoms with Crippen molar-refractivity contribution in [2.45, 2.75) is 6.42 Å². The average Bonchev–Trinajstić information content (AvgIpc) is 2.17. The van der Waals surface area contributed by atoms with Crippen LogP contribution < -0.4 is 4.74 Å². The predicted octanol–water partition coefficient (Wildman–Crippen LogP) is 1.78. The highest BCUT2D eigenvalue weighted by Gasteiger charge is 1.94. The molecule has 0 radical (unpaired) electrons. The van der Waals surface area contributed by atoms with Crippen LogP contribution in [0.15, 0.2) is 24.3 Å². The Hall–Kier alpha value is -1.38. The molecule has 1 rings (SSSR count). The lowest BCUT2D eigenvalue weighted by molar-refractivity contribution is -0.107. The molecule has 0 unspecified atom stereocenters. The van der Waals surface area contributed by atoms with Crippen molar-refractivity contribution in [3.05, 3.63) is 29.8 Å². The molecule has 1 aromatic rings. The van der Waals surface area contributed by atoms with Crippen LogP contribution in [0.25, 0.3) is 0 Å². The minimum absolute atomic E-state index is 0.0764. The smallest absolute Gasteiger partial charge is 0.124 e. The van der Waals surface area contributed by atoms with E-state index >= 15 is 0 Å². The monoisotopic (exact) mass is 182 g/mol. The summed E-state index contributed by atoms with van der Waals surface area (Å²) in [5.74, 6) is 0.632. The molecule has 70 valence electrons. The van der Waals surface area contributed by atoms with E-state index in [4.69, 9.17) is 4.74 Å². The number of carbonyl (C=O) groups is 1. The molecule has 0 heterocycles. The molecule has 0 aromatic heterocycles. The van der Waals surface area contributed by atoms with E-state index in [-0.39, 0.29) is 6.61 Å². The molecule has 1 aromatic carbocycles. The zero-order valence-corrected chi connectivity index (χ0v) is 7.20. The molecule has 0 bridgehead atoms. The second-order valence-electron chi connectivity index (χ2n) is 2.55. The van der Waals surface area contributed by atoms with Crippen molar-refractivity contribution in [2.24, 2.45) is 0 Å². The molecule has 13 heavy (non-hydrogen) atoms. The number of rotatable bonds is 5. The summed E-state index contributed by atoms with van der Waals surface area (Å²) < 4.78 is 16.7. The lowest BCUT2D eigenvalue weighted by Gasteiger charge is -2.03. The van der Waals surface area contributed by atoms with E-state index in [1.54, 1.807) is 24.3 Å². The van der Waals surface area contributed by atoms with Crippen molar-refractivity contribution in [2.75, 3.05) is 13.3 Å². The molecular weight excluding hydrogens is 171 g/mol. The van der Waals surface area contributed by atoms with Crippen molar-refractivity contribution >= 4 is 6.29 Å². The second kappa shape index (κ2) is 5.30. The van der Waals surface area contributed by atoms with Gasteiger partial charge in [0.05, 0.1) is 0 Å². The van der Waals surface area contributed by atoms with Crippen LogP contribution in [0.1, 0.15) is 5.56 Å². The average molecular weight is 182 g/mol. The Balaban J connectivity index is 2.53. The number of aldehydes is 1. The van der Waals surface area contributed by atoms with Crippen LogP contribution in [0, 0.1) is 0 Å². The number of halogens is 1. The standard InChI is InChI=1S/C10H11FO2/c11-6-8-13-10-3-1-9(2-4-10)5-7-12/h1-4,7H,5-6,8H2. The zero-order valence-electron chi connectivity index (χ0n) is 7.20. The van der Waals surface area contributed by atoms with E-state index < -0.39 is 6.67 Å². The van der Waals surface area contributed by atoms with Gasteiger partial charge in [0, 0.05) is 6.42 Å². The van der Waals surface area contributed by atoms with Gasteiger partial charge < -0.3 is 9.53 Å². The summed E-state index contributed by atoms with van der Waals surface area (Å²) >= 11 is 0. The Kier molecular flexibility index (Phi) is 3.96. The first-order chi connectivity index (χ1) is 6.36. The number of hydrogen-bond donors (Lipinski definition) is 0. The molecule has 0 fully saturated rings. The first-order valence-corrected chi connectivity index (χ1v) is 4.08. The highest BCUT2D eigenvalue weighted by Crippen LogP contribution is 2.11. The summed E-state index contributed by atoms with van der Waals surface area (Å²) in [5, 5.41) is 0. The first-order valence-electron chi connectivity index (χ1n) is 4.08. The minimum atomic E-state index is -0.490. The van der Waals surface area contributed by atoms with Crippen molar-refractivity contribution in [3.63, 3.8) is 0 Å². The van der Waals surface area contributed by atoms with Gasteiger partial charge in [-0.3, -0.25) is 0 Å². The van der Waals surface area contributed by atoms with Crippen LogP contribution in [-0.2, 0) is 11.2 Å². The lowest BCUT2D eigenvalue weighted by atomic mass is 10.2. The highest BCUT2D eigenvalue weighted by atomic mass is 19.1. The fraction of sp³-hybridized carbons (Fsp3) is 0.300. The van der Waals surface area contributed by atoms with Crippen LogP contribution >= 0.6 is 0 Å². The Bertz CT molecular complexity index is 256. The molecule has 0 saturated heterocycles. The normalized spacial score (nSPS) is 9.62. The minimum Gasteiger partial charge on any atom is -0.491 e. The molecule has 0 aliphatic rings. The van der Waals surface area contributed by atoms with E-state index in [0.29, 0.717) is 12.2 Å². The van der Waals surface area contributed by atoms with Gasteiger partial charge in [-0.15, -0.1) is 0 Å². The third kappa shape index (κ3) is 3.23. The van der Waals surface area contributed by atoms with Gasteiger partial charge in [0.15, 0.2) is 0 Å². The SMILES string of the molecule is O=CCc1ccc(OCCF)cc1. The molecular formula is C10H11FO2. The van der Waals surface area contributed by atoms with E-state index in [9.17, 15) is 9.18 Å². The van der Waals surface area contributed by atoms with Crippen LogP contribution in [0.3, 0.4) is 0 Å². The van der Waals surface area contributed by atoms with Crippen molar-refractivity contribution in [1.82, 2.24) is 0 Å². The van der Waals surface area contributed by atoms with E-state index in [2.05, 4.69) is 0 Å². The fourth-order valence-corrected chi connectivity index (χ4v) is 0.974. The fourth-order valence-electron chi connectivity index (χ4n) is 0.974. The summed E-state index contributed by atoms with van der Waals surface area (Å²) in [4.78, 5) is 10.2.